The zero-order valence-corrected chi connectivity index (χ0v) is 17.1. The van der Waals surface area contributed by atoms with Crippen LogP contribution in [-0.2, 0) is 14.8 Å². The highest BCUT2D eigenvalue weighted by Gasteiger charge is 2.39. The predicted molar refractivity (Wildman–Crippen MR) is 106 cm³/mol. The molecular formula is C18H25ClN2O3S2. The summed E-state index contributed by atoms with van der Waals surface area (Å²) in [5.74, 6) is 0.694. The van der Waals surface area contributed by atoms with Crippen LogP contribution in [0.4, 0.5) is 0 Å². The van der Waals surface area contributed by atoms with Crippen LogP contribution in [0.1, 0.15) is 38.5 Å². The van der Waals surface area contributed by atoms with Gasteiger partial charge in [0.25, 0.3) is 0 Å². The van der Waals surface area contributed by atoms with Crippen molar-refractivity contribution in [2.24, 2.45) is 0 Å². The fraction of sp³-hybridized carbons (Fsp3) is 0.611. The maximum Gasteiger partial charge on any atom is 0.243 e. The normalized spacial score (nSPS) is 22.0. The van der Waals surface area contributed by atoms with Gasteiger partial charge in [-0.3, -0.25) is 4.79 Å². The van der Waals surface area contributed by atoms with E-state index in [4.69, 9.17) is 11.6 Å². The number of nitrogens with zero attached hydrogens (tertiary/aromatic N) is 1. The summed E-state index contributed by atoms with van der Waals surface area (Å²) in [6.45, 7) is 0.963. The first-order valence-electron chi connectivity index (χ1n) is 9.15. The quantitative estimate of drug-likeness (QED) is 0.692. The van der Waals surface area contributed by atoms with Crippen molar-refractivity contribution in [3.8, 4) is 0 Å². The van der Waals surface area contributed by atoms with E-state index in [1.54, 1.807) is 12.1 Å². The maximum absolute atomic E-state index is 12.9. The van der Waals surface area contributed by atoms with E-state index in [-0.39, 0.29) is 10.8 Å². The van der Waals surface area contributed by atoms with E-state index >= 15 is 0 Å². The highest BCUT2D eigenvalue weighted by Crippen LogP contribution is 2.29. The summed E-state index contributed by atoms with van der Waals surface area (Å²) in [4.78, 5) is 12.7. The van der Waals surface area contributed by atoms with E-state index < -0.39 is 16.1 Å². The maximum atomic E-state index is 12.9. The van der Waals surface area contributed by atoms with Crippen LogP contribution in [0.15, 0.2) is 29.2 Å². The Balaban J connectivity index is 1.56. The molecule has 2 aliphatic rings. The lowest BCUT2D eigenvalue weighted by Gasteiger charge is -2.23. The summed E-state index contributed by atoms with van der Waals surface area (Å²) in [6, 6.07) is 5.47. The third kappa shape index (κ3) is 4.74. The highest BCUT2D eigenvalue weighted by atomic mass is 35.5. The number of rotatable bonds is 7. The first-order chi connectivity index (χ1) is 12.5. The minimum absolute atomic E-state index is 0.179. The molecule has 2 fully saturated rings. The molecule has 1 aliphatic heterocycles. The second-order valence-corrected chi connectivity index (χ2v) is 10.5. The van der Waals surface area contributed by atoms with Gasteiger partial charge < -0.3 is 5.32 Å². The minimum atomic E-state index is -3.68. The number of benzene rings is 1. The van der Waals surface area contributed by atoms with Crippen molar-refractivity contribution < 1.29 is 13.2 Å². The molecule has 144 valence electrons. The summed E-state index contributed by atoms with van der Waals surface area (Å²) in [7, 11) is -3.68. The van der Waals surface area contributed by atoms with Gasteiger partial charge in [0.2, 0.25) is 15.9 Å². The second-order valence-electron chi connectivity index (χ2n) is 6.80. The summed E-state index contributed by atoms with van der Waals surface area (Å²) < 4.78 is 27.1. The van der Waals surface area contributed by atoms with Crippen LogP contribution in [0.5, 0.6) is 0 Å². The number of amides is 1. The first kappa shape index (κ1) is 20.0. The van der Waals surface area contributed by atoms with Gasteiger partial charge in [0.15, 0.2) is 0 Å². The minimum Gasteiger partial charge on any atom is -0.354 e. The molecular weight excluding hydrogens is 392 g/mol. The third-order valence-corrected chi connectivity index (χ3v) is 8.54. The van der Waals surface area contributed by atoms with Crippen molar-refractivity contribution in [3.63, 3.8) is 0 Å². The van der Waals surface area contributed by atoms with Gasteiger partial charge in [-0.15, -0.1) is 0 Å². The van der Waals surface area contributed by atoms with E-state index in [1.807, 2.05) is 11.8 Å². The zero-order valence-electron chi connectivity index (χ0n) is 14.7. The molecule has 8 heteroatoms. The summed E-state index contributed by atoms with van der Waals surface area (Å²) in [6.07, 6.45) is 6.42. The fourth-order valence-corrected chi connectivity index (χ4v) is 6.61. The standard InChI is InChI=1S/C18H25ClN2O3S2/c19-14-7-9-16(10-8-14)26(23,24)21-12-3-6-17(21)18(22)20-11-13-25-15-4-1-2-5-15/h7-10,15,17H,1-6,11-13H2,(H,20,22). The lowest BCUT2D eigenvalue weighted by Crippen LogP contribution is -2.46. The van der Waals surface area contributed by atoms with Crippen molar-refractivity contribution in [2.45, 2.75) is 54.7 Å². The van der Waals surface area contributed by atoms with Gasteiger partial charge in [0.05, 0.1) is 4.90 Å². The lowest BCUT2D eigenvalue weighted by molar-refractivity contribution is -0.124. The van der Waals surface area contributed by atoms with Crippen molar-refractivity contribution in [1.29, 1.82) is 0 Å². The van der Waals surface area contributed by atoms with E-state index in [2.05, 4.69) is 5.32 Å². The Labute approximate surface area is 164 Å². The third-order valence-electron chi connectivity index (χ3n) is 4.98. The van der Waals surface area contributed by atoms with Gasteiger partial charge in [-0.1, -0.05) is 24.4 Å². The Morgan fingerprint density at radius 2 is 1.85 bits per heavy atom. The molecule has 0 radical (unpaired) electrons. The molecule has 1 unspecified atom stereocenters. The number of carbonyl (C=O) groups excluding carboxylic acids is 1. The predicted octanol–water partition coefficient (Wildman–Crippen LogP) is 3.29. The molecule has 1 amide bonds. The van der Waals surface area contributed by atoms with Crippen LogP contribution in [0.2, 0.25) is 5.02 Å². The molecule has 1 aromatic rings. The lowest BCUT2D eigenvalue weighted by atomic mass is 10.2. The number of halogens is 1. The Bertz CT molecular complexity index is 718. The average molecular weight is 417 g/mol. The molecule has 1 saturated carbocycles. The molecule has 1 heterocycles. The smallest absolute Gasteiger partial charge is 0.243 e. The van der Waals surface area contributed by atoms with E-state index in [0.29, 0.717) is 31.0 Å². The number of hydrogen-bond donors (Lipinski definition) is 1. The molecule has 1 atom stereocenters. The van der Waals surface area contributed by atoms with Crippen LogP contribution in [-0.4, -0.2) is 48.8 Å². The van der Waals surface area contributed by atoms with Gasteiger partial charge in [0, 0.05) is 29.1 Å². The topological polar surface area (TPSA) is 66.5 Å². The molecule has 1 saturated heterocycles. The number of nitrogens with one attached hydrogen (secondary N) is 1. The molecule has 5 nitrogen and oxygen atoms in total. The van der Waals surface area contributed by atoms with E-state index in [9.17, 15) is 13.2 Å². The molecule has 26 heavy (non-hydrogen) atoms. The van der Waals surface area contributed by atoms with E-state index in [1.165, 1.54) is 42.1 Å². The Morgan fingerprint density at radius 3 is 2.54 bits per heavy atom. The molecule has 0 bridgehead atoms. The largest absolute Gasteiger partial charge is 0.354 e. The van der Waals surface area contributed by atoms with Gasteiger partial charge in [-0.2, -0.15) is 16.1 Å². The number of carbonyl (C=O) groups is 1. The van der Waals surface area contributed by atoms with Gasteiger partial charge in [0.1, 0.15) is 6.04 Å². The second kappa shape index (κ2) is 8.95. The van der Waals surface area contributed by atoms with Crippen LogP contribution in [0.3, 0.4) is 0 Å². The summed E-state index contributed by atoms with van der Waals surface area (Å²) >= 11 is 7.76. The van der Waals surface area contributed by atoms with Crippen molar-refractivity contribution >= 4 is 39.3 Å². The molecule has 3 rings (SSSR count). The fourth-order valence-electron chi connectivity index (χ4n) is 3.60. The zero-order chi connectivity index (χ0) is 18.6. The monoisotopic (exact) mass is 416 g/mol. The number of sulfonamides is 1. The summed E-state index contributed by atoms with van der Waals surface area (Å²) in [5, 5.41) is 4.13. The van der Waals surface area contributed by atoms with Crippen LogP contribution in [0, 0.1) is 0 Å². The van der Waals surface area contributed by atoms with Crippen LogP contribution < -0.4 is 5.32 Å². The molecule has 0 aromatic heterocycles. The molecule has 1 aliphatic carbocycles. The number of hydrogen-bond acceptors (Lipinski definition) is 4. The van der Waals surface area contributed by atoms with Gasteiger partial charge in [-0.05, 0) is 49.9 Å². The Kier molecular flexibility index (Phi) is 6.88. The number of thioether (sulfide) groups is 1. The average Bonchev–Trinajstić information content (AvgIpc) is 3.30. The van der Waals surface area contributed by atoms with Gasteiger partial charge in [-0.25, -0.2) is 8.42 Å². The Hall–Kier alpha value is -0.760. The molecule has 1 N–H and O–H groups in total. The molecule has 1 aromatic carbocycles. The van der Waals surface area contributed by atoms with Crippen molar-refractivity contribution in [3.05, 3.63) is 29.3 Å². The molecule has 0 spiro atoms. The first-order valence-corrected chi connectivity index (χ1v) is 12.0. The van der Waals surface area contributed by atoms with Gasteiger partial charge >= 0.3 is 0 Å². The summed E-state index contributed by atoms with van der Waals surface area (Å²) in [5.41, 5.74) is 0. The van der Waals surface area contributed by atoms with Crippen LogP contribution in [0.25, 0.3) is 0 Å². The highest BCUT2D eigenvalue weighted by molar-refractivity contribution is 7.99. The van der Waals surface area contributed by atoms with Crippen molar-refractivity contribution in [1.82, 2.24) is 9.62 Å². The SMILES string of the molecule is O=C(NCCSC1CCCC1)C1CCCN1S(=O)(=O)c1ccc(Cl)cc1. The van der Waals surface area contributed by atoms with E-state index in [0.717, 1.165) is 11.0 Å². The Morgan fingerprint density at radius 1 is 1.15 bits per heavy atom. The van der Waals surface area contributed by atoms with Crippen LogP contribution >= 0.6 is 23.4 Å². The van der Waals surface area contributed by atoms with Crippen molar-refractivity contribution in [2.75, 3.05) is 18.8 Å².